The summed E-state index contributed by atoms with van der Waals surface area (Å²) in [5, 5.41) is 4.26. The average molecular weight is 274 g/mol. The molecule has 2 rings (SSSR count). The number of aromatic nitrogens is 2. The molecule has 1 aromatic carbocycles. The number of rotatable bonds is 5. The molecule has 0 saturated carbocycles. The Morgan fingerprint density at radius 3 is 2.80 bits per heavy atom. The van der Waals surface area contributed by atoms with Crippen LogP contribution in [0, 0.1) is 6.92 Å². The predicted octanol–water partition coefficient (Wildman–Crippen LogP) is 2.06. The molecular weight excluding hydrogens is 256 g/mol. The highest BCUT2D eigenvalue weighted by molar-refractivity contribution is 5.81. The van der Waals surface area contributed by atoms with Crippen LogP contribution < -0.4 is 15.2 Å². The van der Waals surface area contributed by atoms with E-state index in [0.29, 0.717) is 24.1 Å². The molecule has 2 N–H and O–H groups in total. The van der Waals surface area contributed by atoms with E-state index in [9.17, 15) is 0 Å². The number of imidazole rings is 1. The fourth-order valence-electron chi connectivity index (χ4n) is 1.76. The van der Waals surface area contributed by atoms with Crippen molar-refractivity contribution in [1.82, 2.24) is 9.66 Å². The van der Waals surface area contributed by atoms with E-state index in [1.807, 2.05) is 32.0 Å². The van der Waals surface area contributed by atoms with Crippen molar-refractivity contribution in [2.75, 3.05) is 19.5 Å². The van der Waals surface area contributed by atoms with E-state index in [-0.39, 0.29) is 0 Å². The molecule has 0 spiro atoms. The Morgan fingerprint density at radius 2 is 2.20 bits per heavy atom. The van der Waals surface area contributed by atoms with Gasteiger partial charge >= 0.3 is 0 Å². The van der Waals surface area contributed by atoms with Gasteiger partial charge < -0.3 is 15.2 Å². The van der Waals surface area contributed by atoms with Crippen molar-refractivity contribution in [1.29, 1.82) is 0 Å². The Bertz CT molecular complexity index is 620. The summed E-state index contributed by atoms with van der Waals surface area (Å²) in [7, 11) is 1.61. The smallest absolute Gasteiger partial charge is 0.221 e. The minimum atomic E-state index is 0.358. The number of benzene rings is 1. The van der Waals surface area contributed by atoms with Gasteiger partial charge in [0.1, 0.15) is 0 Å². The van der Waals surface area contributed by atoms with Gasteiger partial charge in [0.25, 0.3) is 0 Å². The number of hydrogen-bond donors (Lipinski definition) is 1. The number of ether oxygens (including phenoxy) is 2. The highest BCUT2D eigenvalue weighted by Gasteiger charge is 2.04. The van der Waals surface area contributed by atoms with E-state index in [2.05, 4.69) is 10.1 Å². The number of nitrogen functional groups attached to an aromatic ring is 1. The lowest BCUT2D eigenvalue weighted by atomic mass is 10.2. The van der Waals surface area contributed by atoms with Crippen molar-refractivity contribution in [3.05, 3.63) is 35.7 Å². The molecule has 0 aliphatic rings. The van der Waals surface area contributed by atoms with Crippen LogP contribution in [-0.2, 0) is 0 Å². The maximum absolute atomic E-state index is 5.72. The zero-order chi connectivity index (χ0) is 14.5. The molecule has 0 unspecified atom stereocenters. The van der Waals surface area contributed by atoms with E-state index in [0.717, 1.165) is 11.3 Å². The van der Waals surface area contributed by atoms with Gasteiger partial charge in [0, 0.05) is 0 Å². The van der Waals surface area contributed by atoms with Gasteiger partial charge in [-0.05, 0) is 37.6 Å². The molecule has 106 valence electrons. The lowest BCUT2D eigenvalue weighted by Gasteiger charge is -2.09. The molecule has 0 fully saturated rings. The van der Waals surface area contributed by atoms with Crippen LogP contribution in [0.5, 0.6) is 11.5 Å². The summed E-state index contributed by atoms with van der Waals surface area (Å²) in [6.07, 6.45) is 3.45. The van der Waals surface area contributed by atoms with Gasteiger partial charge in [-0.15, -0.1) is 0 Å². The van der Waals surface area contributed by atoms with Crippen molar-refractivity contribution in [3.63, 3.8) is 0 Å². The first-order valence-corrected chi connectivity index (χ1v) is 6.30. The molecule has 20 heavy (non-hydrogen) atoms. The Kier molecular flexibility index (Phi) is 4.24. The summed E-state index contributed by atoms with van der Waals surface area (Å²) in [6, 6.07) is 5.61. The normalized spacial score (nSPS) is 10.9. The first kappa shape index (κ1) is 13.9. The molecule has 0 saturated heterocycles. The molecule has 0 radical (unpaired) electrons. The summed E-state index contributed by atoms with van der Waals surface area (Å²) in [6.45, 7) is 4.38. The summed E-state index contributed by atoms with van der Waals surface area (Å²) < 4.78 is 12.3. The summed E-state index contributed by atoms with van der Waals surface area (Å²) in [4.78, 5) is 4.08. The van der Waals surface area contributed by atoms with Crippen LogP contribution in [0.4, 0.5) is 5.95 Å². The van der Waals surface area contributed by atoms with Crippen LogP contribution >= 0.6 is 0 Å². The molecule has 0 atom stereocenters. The van der Waals surface area contributed by atoms with Crippen LogP contribution in [0.25, 0.3) is 0 Å². The van der Waals surface area contributed by atoms with Crippen molar-refractivity contribution in [2.24, 2.45) is 5.10 Å². The topological polar surface area (TPSA) is 74.7 Å². The van der Waals surface area contributed by atoms with Crippen LogP contribution in [0.3, 0.4) is 0 Å². The maximum Gasteiger partial charge on any atom is 0.221 e. The fourth-order valence-corrected chi connectivity index (χ4v) is 1.76. The molecule has 0 aliphatic heterocycles. The summed E-state index contributed by atoms with van der Waals surface area (Å²) in [5.41, 5.74) is 7.43. The van der Waals surface area contributed by atoms with Crippen molar-refractivity contribution in [3.8, 4) is 11.5 Å². The maximum atomic E-state index is 5.72. The van der Waals surface area contributed by atoms with Gasteiger partial charge in [-0.3, -0.25) is 0 Å². The number of nitrogens with zero attached hydrogens (tertiary/aromatic N) is 3. The van der Waals surface area contributed by atoms with Gasteiger partial charge in [0.15, 0.2) is 11.5 Å². The lowest BCUT2D eigenvalue weighted by molar-refractivity contribution is 0.311. The quantitative estimate of drug-likeness (QED) is 0.847. The Labute approximate surface area is 117 Å². The van der Waals surface area contributed by atoms with Gasteiger partial charge in [0.05, 0.1) is 31.8 Å². The summed E-state index contributed by atoms with van der Waals surface area (Å²) >= 11 is 0. The van der Waals surface area contributed by atoms with E-state index >= 15 is 0 Å². The van der Waals surface area contributed by atoms with Gasteiger partial charge in [-0.1, -0.05) is 0 Å². The SMILES string of the molecule is CCOc1ccc(C=Nn2cc(C)nc2N)cc1OC. The minimum absolute atomic E-state index is 0.358. The zero-order valence-electron chi connectivity index (χ0n) is 11.8. The van der Waals surface area contributed by atoms with E-state index in [1.54, 1.807) is 19.5 Å². The molecule has 0 amide bonds. The number of nitrogens with two attached hydrogens (primary N) is 1. The standard InChI is InChI=1S/C14H18N4O2/c1-4-20-12-6-5-11(7-13(12)19-3)8-16-18-9-10(2)17-14(18)15/h5-9H,4H2,1-3H3,(H2,15,17). The molecule has 0 bridgehead atoms. The largest absolute Gasteiger partial charge is 0.493 e. The van der Waals surface area contributed by atoms with Gasteiger partial charge in [-0.25, -0.2) is 9.66 Å². The summed E-state index contributed by atoms with van der Waals surface area (Å²) in [5.74, 6) is 1.74. The Morgan fingerprint density at radius 1 is 1.40 bits per heavy atom. The molecular formula is C14H18N4O2. The Hall–Kier alpha value is -2.50. The molecule has 0 aliphatic carbocycles. The zero-order valence-corrected chi connectivity index (χ0v) is 11.8. The van der Waals surface area contributed by atoms with Crippen LogP contribution in [0.2, 0.25) is 0 Å². The van der Waals surface area contributed by atoms with Crippen LogP contribution in [0.1, 0.15) is 18.2 Å². The number of methoxy groups -OCH3 is 1. The number of hydrogen-bond acceptors (Lipinski definition) is 5. The second-order valence-corrected chi connectivity index (χ2v) is 4.17. The highest BCUT2D eigenvalue weighted by Crippen LogP contribution is 2.27. The molecule has 6 heteroatoms. The first-order valence-electron chi connectivity index (χ1n) is 6.30. The number of anilines is 1. The van der Waals surface area contributed by atoms with Gasteiger partial charge in [0.2, 0.25) is 5.95 Å². The predicted molar refractivity (Wildman–Crippen MR) is 78.5 cm³/mol. The average Bonchev–Trinajstić information content (AvgIpc) is 2.76. The second kappa shape index (κ2) is 6.10. The molecule has 6 nitrogen and oxygen atoms in total. The lowest BCUT2D eigenvalue weighted by Crippen LogP contribution is -1.98. The second-order valence-electron chi connectivity index (χ2n) is 4.17. The number of aryl methyl sites for hydroxylation is 1. The third kappa shape index (κ3) is 3.09. The van der Waals surface area contributed by atoms with E-state index in [4.69, 9.17) is 15.2 Å². The highest BCUT2D eigenvalue weighted by atomic mass is 16.5. The van der Waals surface area contributed by atoms with E-state index in [1.165, 1.54) is 4.68 Å². The molecule has 1 aromatic heterocycles. The molecule has 1 heterocycles. The third-order valence-corrected chi connectivity index (χ3v) is 2.65. The fraction of sp³-hybridized carbons (Fsp3) is 0.286. The van der Waals surface area contributed by atoms with E-state index < -0.39 is 0 Å². The Balaban J connectivity index is 2.23. The van der Waals surface area contributed by atoms with Gasteiger partial charge in [-0.2, -0.15) is 5.10 Å². The minimum Gasteiger partial charge on any atom is -0.493 e. The van der Waals surface area contributed by atoms with Crippen molar-refractivity contribution < 1.29 is 9.47 Å². The third-order valence-electron chi connectivity index (χ3n) is 2.65. The first-order chi connectivity index (χ1) is 9.63. The van der Waals surface area contributed by atoms with Crippen molar-refractivity contribution >= 4 is 12.2 Å². The molecule has 2 aromatic rings. The van der Waals surface area contributed by atoms with Crippen LogP contribution in [-0.4, -0.2) is 29.6 Å². The van der Waals surface area contributed by atoms with Crippen LogP contribution in [0.15, 0.2) is 29.5 Å². The van der Waals surface area contributed by atoms with Crippen molar-refractivity contribution in [2.45, 2.75) is 13.8 Å². The monoisotopic (exact) mass is 274 g/mol.